The molecule has 0 aromatic carbocycles. The molecule has 2 amide bonds. The van der Waals surface area contributed by atoms with Crippen LogP contribution in [0.15, 0.2) is 12.2 Å². The van der Waals surface area contributed by atoms with E-state index in [4.69, 9.17) is 5.11 Å². The summed E-state index contributed by atoms with van der Waals surface area (Å²) in [4.78, 5) is 24.3. The Balaban J connectivity index is 2.46. The second-order valence-electron chi connectivity index (χ2n) is 4.80. The van der Waals surface area contributed by atoms with E-state index in [9.17, 15) is 9.59 Å². The first-order chi connectivity index (χ1) is 7.89. The van der Waals surface area contributed by atoms with E-state index in [2.05, 4.69) is 11.9 Å². The van der Waals surface area contributed by atoms with E-state index in [1.165, 1.54) is 0 Å². The van der Waals surface area contributed by atoms with Gasteiger partial charge in [0.15, 0.2) is 0 Å². The Labute approximate surface area is 101 Å². The molecule has 1 rings (SSSR count). The van der Waals surface area contributed by atoms with Crippen molar-refractivity contribution in [2.75, 3.05) is 19.6 Å². The molecule has 1 saturated heterocycles. The molecule has 5 nitrogen and oxygen atoms in total. The van der Waals surface area contributed by atoms with Crippen LogP contribution in [0.4, 0.5) is 4.79 Å². The van der Waals surface area contributed by atoms with Crippen LogP contribution in [0.1, 0.15) is 26.7 Å². The summed E-state index contributed by atoms with van der Waals surface area (Å²) in [5, 5.41) is 11.8. The summed E-state index contributed by atoms with van der Waals surface area (Å²) < 4.78 is 0. The van der Waals surface area contributed by atoms with Crippen LogP contribution in [0.3, 0.4) is 0 Å². The number of urea groups is 1. The maximum Gasteiger partial charge on any atom is 0.317 e. The Morgan fingerprint density at radius 2 is 2.18 bits per heavy atom. The molecule has 0 saturated carbocycles. The van der Waals surface area contributed by atoms with Gasteiger partial charge in [-0.25, -0.2) is 4.79 Å². The van der Waals surface area contributed by atoms with E-state index in [0.29, 0.717) is 19.5 Å². The van der Waals surface area contributed by atoms with Gasteiger partial charge in [-0.3, -0.25) is 4.79 Å². The van der Waals surface area contributed by atoms with Gasteiger partial charge in [0.05, 0.1) is 5.41 Å². The van der Waals surface area contributed by atoms with Crippen molar-refractivity contribution in [2.45, 2.75) is 26.7 Å². The molecular weight excluding hydrogens is 220 g/mol. The summed E-state index contributed by atoms with van der Waals surface area (Å²) in [6, 6.07) is -0.204. The fourth-order valence-electron chi connectivity index (χ4n) is 1.75. The summed E-state index contributed by atoms with van der Waals surface area (Å²) in [6.07, 6.45) is 1.33. The lowest BCUT2D eigenvalue weighted by atomic mass is 9.90. The van der Waals surface area contributed by atoms with Crippen molar-refractivity contribution in [2.24, 2.45) is 5.41 Å². The molecule has 0 aliphatic carbocycles. The van der Waals surface area contributed by atoms with Crippen molar-refractivity contribution in [1.82, 2.24) is 10.2 Å². The maximum absolute atomic E-state index is 11.8. The highest BCUT2D eigenvalue weighted by Crippen LogP contribution is 2.29. The predicted octanol–water partition coefficient (Wildman–Crippen LogP) is 1.46. The number of carbonyl (C=O) groups excluding carboxylic acids is 1. The van der Waals surface area contributed by atoms with Gasteiger partial charge < -0.3 is 15.3 Å². The quantitative estimate of drug-likeness (QED) is 0.731. The third-order valence-corrected chi connectivity index (χ3v) is 3.27. The van der Waals surface area contributed by atoms with Crippen molar-refractivity contribution in [3.63, 3.8) is 0 Å². The number of carboxylic acid groups (broad SMARTS) is 1. The van der Waals surface area contributed by atoms with E-state index in [-0.39, 0.29) is 12.6 Å². The number of amides is 2. The molecule has 1 aliphatic heterocycles. The molecule has 1 atom stereocenters. The van der Waals surface area contributed by atoms with Crippen LogP contribution in [-0.4, -0.2) is 41.6 Å². The topological polar surface area (TPSA) is 69.6 Å². The highest BCUT2D eigenvalue weighted by molar-refractivity contribution is 5.79. The summed E-state index contributed by atoms with van der Waals surface area (Å²) in [7, 11) is 0. The van der Waals surface area contributed by atoms with Gasteiger partial charge in [0, 0.05) is 19.6 Å². The minimum atomic E-state index is -0.842. The molecule has 1 fully saturated rings. The summed E-state index contributed by atoms with van der Waals surface area (Å²) >= 11 is 0. The molecule has 0 aromatic rings. The number of hydrogen-bond donors (Lipinski definition) is 2. The average molecular weight is 240 g/mol. The Bertz CT molecular complexity index is 341. The van der Waals surface area contributed by atoms with Gasteiger partial charge in [0.2, 0.25) is 0 Å². The fourth-order valence-corrected chi connectivity index (χ4v) is 1.75. The fraction of sp³-hybridized carbons (Fsp3) is 0.667. The zero-order valence-electron chi connectivity index (χ0n) is 10.5. The summed E-state index contributed by atoms with van der Waals surface area (Å²) in [5.74, 6) is -0.842. The Hall–Kier alpha value is -1.52. The molecule has 0 radical (unpaired) electrons. The third kappa shape index (κ3) is 3.22. The number of rotatable bonds is 4. The Kier molecular flexibility index (Phi) is 4.15. The van der Waals surface area contributed by atoms with E-state index in [1.807, 2.05) is 6.92 Å². The van der Waals surface area contributed by atoms with Crippen LogP contribution in [0.25, 0.3) is 0 Å². The third-order valence-electron chi connectivity index (χ3n) is 3.27. The van der Waals surface area contributed by atoms with E-state index in [0.717, 1.165) is 12.0 Å². The number of carboxylic acids is 1. The molecule has 5 heteroatoms. The first kappa shape index (κ1) is 13.5. The Morgan fingerprint density at radius 3 is 2.65 bits per heavy atom. The Morgan fingerprint density at radius 1 is 1.53 bits per heavy atom. The van der Waals surface area contributed by atoms with Crippen LogP contribution in [0, 0.1) is 5.41 Å². The van der Waals surface area contributed by atoms with Gasteiger partial charge in [0.25, 0.3) is 0 Å². The standard InChI is InChI=1S/C12H20N2O3/c1-4-9(2)7-13-11(17)14-6-5-12(3,8-14)10(15)16/h2,4-8H2,1,3H3,(H,13,17)(H,15,16). The molecule has 1 aliphatic rings. The van der Waals surface area contributed by atoms with Crippen molar-refractivity contribution < 1.29 is 14.7 Å². The smallest absolute Gasteiger partial charge is 0.317 e. The summed E-state index contributed by atoms with van der Waals surface area (Å²) in [5.41, 5.74) is 0.151. The minimum absolute atomic E-state index is 0.204. The lowest BCUT2D eigenvalue weighted by molar-refractivity contribution is -0.146. The molecule has 96 valence electrons. The highest BCUT2D eigenvalue weighted by Gasteiger charge is 2.42. The molecule has 17 heavy (non-hydrogen) atoms. The lowest BCUT2D eigenvalue weighted by Gasteiger charge is -2.20. The van der Waals surface area contributed by atoms with Crippen molar-refractivity contribution >= 4 is 12.0 Å². The van der Waals surface area contributed by atoms with Crippen LogP contribution in [-0.2, 0) is 4.79 Å². The van der Waals surface area contributed by atoms with Gasteiger partial charge in [-0.05, 0) is 19.8 Å². The first-order valence-electron chi connectivity index (χ1n) is 5.82. The van der Waals surface area contributed by atoms with E-state index < -0.39 is 11.4 Å². The van der Waals surface area contributed by atoms with Crippen LogP contribution >= 0.6 is 0 Å². The zero-order chi connectivity index (χ0) is 13.1. The number of nitrogens with one attached hydrogen (secondary N) is 1. The SMILES string of the molecule is C=C(CC)CNC(=O)N1CCC(C)(C(=O)O)C1. The molecule has 1 unspecified atom stereocenters. The molecule has 0 bridgehead atoms. The van der Waals surface area contributed by atoms with Crippen molar-refractivity contribution in [3.8, 4) is 0 Å². The lowest BCUT2D eigenvalue weighted by Crippen LogP contribution is -2.41. The summed E-state index contributed by atoms with van der Waals surface area (Å²) in [6.45, 7) is 8.67. The van der Waals surface area contributed by atoms with Gasteiger partial charge in [-0.1, -0.05) is 19.1 Å². The maximum atomic E-state index is 11.8. The van der Waals surface area contributed by atoms with Crippen LogP contribution in [0.2, 0.25) is 0 Å². The predicted molar refractivity (Wildman–Crippen MR) is 64.8 cm³/mol. The largest absolute Gasteiger partial charge is 0.481 e. The minimum Gasteiger partial charge on any atom is -0.481 e. The average Bonchev–Trinajstić information content (AvgIpc) is 2.69. The van der Waals surface area contributed by atoms with Gasteiger partial charge >= 0.3 is 12.0 Å². The van der Waals surface area contributed by atoms with Gasteiger partial charge in [0.1, 0.15) is 0 Å². The number of nitrogens with zero attached hydrogens (tertiary/aromatic N) is 1. The number of carbonyl (C=O) groups is 2. The molecule has 1 heterocycles. The van der Waals surface area contributed by atoms with Crippen LogP contribution in [0.5, 0.6) is 0 Å². The van der Waals surface area contributed by atoms with Gasteiger partial charge in [-0.2, -0.15) is 0 Å². The first-order valence-corrected chi connectivity index (χ1v) is 5.82. The van der Waals surface area contributed by atoms with E-state index in [1.54, 1.807) is 11.8 Å². The number of hydrogen-bond acceptors (Lipinski definition) is 2. The van der Waals surface area contributed by atoms with Crippen molar-refractivity contribution in [3.05, 3.63) is 12.2 Å². The molecule has 2 N–H and O–H groups in total. The van der Waals surface area contributed by atoms with Crippen molar-refractivity contribution in [1.29, 1.82) is 0 Å². The highest BCUT2D eigenvalue weighted by atomic mass is 16.4. The molecular formula is C12H20N2O3. The molecule has 0 aromatic heterocycles. The van der Waals surface area contributed by atoms with Gasteiger partial charge in [-0.15, -0.1) is 0 Å². The monoisotopic (exact) mass is 240 g/mol. The number of likely N-dealkylation sites (tertiary alicyclic amines) is 1. The molecule has 0 spiro atoms. The second kappa shape index (κ2) is 5.21. The zero-order valence-corrected chi connectivity index (χ0v) is 10.5. The second-order valence-corrected chi connectivity index (χ2v) is 4.80. The van der Waals surface area contributed by atoms with Crippen LogP contribution < -0.4 is 5.32 Å². The van der Waals surface area contributed by atoms with E-state index >= 15 is 0 Å². The number of aliphatic carboxylic acids is 1. The normalized spacial score (nSPS) is 23.5.